The summed E-state index contributed by atoms with van der Waals surface area (Å²) in [5.74, 6) is 2.67. The van der Waals surface area contributed by atoms with Crippen LogP contribution in [0.1, 0.15) is 17.2 Å². The highest BCUT2D eigenvalue weighted by molar-refractivity contribution is 5.84. The van der Waals surface area contributed by atoms with E-state index in [-0.39, 0.29) is 11.9 Å². The van der Waals surface area contributed by atoms with Crippen molar-refractivity contribution in [1.82, 2.24) is 10.2 Å². The highest BCUT2D eigenvalue weighted by Crippen LogP contribution is 2.25. The minimum atomic E-state index is -0.249. The molecule has 1 aromatic rings. The van der Waals surface area contributed by atoms with E-state index in [1.54, 1.807) is 0 Å². The predicted octanol–water partition coefficient (Wildman–Crippen LogP) is 1.10. The van der Waals surface area contributed by atoms with Crippen LogP contribution in [0.25, 0.3) is 0 Å². The molecule has 1 atom stereocenters. The molecule has 0 spiro atoms. The molecule has 1 amide bonds. The zero-order valence-electron chi connectivity index (χ0n) is 9.94. The van der Waals surface area contributed by atoms with Crippen LogP contribution < -0.4 is 5.32 Å². The summed E-state index contributed by atoms with van der Waals surface area (Å²) in [5, 5.41) is 2.90. The van der Waals surface area contributed by atoms with E-state index in [1.165, 1.54) is 0 Å². The van der Waals surface area contributed by atoms with Crippen molar-refractivity contribution < 1.29 is 4.79 Å². The number of carbonyl (C=O) groups excluding carboxylic acids is 1. The van der Waals surface area contributed by atoms with Gasteiger partial charge in [-0.25, -0.2) is 0 Å². The van der Waals surface area contributed by atoms with Gasteiger partial charge >= 0.3 is 0 Å². The van der Waals surface area contributed by atoms with Gasteiger partial charge in [0.25, 0.3) is 0 Å². The molecule has 1 aliphatic rings. The van der Waals surface area contributed by atoms with Gasteiger partial charge in [0.05, 0.1) is 6.54 Å². The monoisotopic (exact) mass is 228 g/mol. The molecule has 0 saturated carbocycles. The molecule has 2 rings (SSSR count). The Morgan fingerprint density at radius 2 is 2.29 bits per heavy atom. The number of amides is 1. The number of piperazine rings is 1. The SMILES string of the molecule is C#CCN1CCNC(=O)[C@@H]1c1ccccc1C. The molecule has 0 aliphatic carbocycles. The van der Waals surface area contributed by atoms with Gasteiger partial charge in [-0.15, -0.1) is 6.42 Å². The van der Waals surface area contributed by atoms with Gasteiger partial charge in [-0.05, 0) is 18.1 Å². The number of benzene rings is 1. The summed E-state index contributed by atoms with van der Waals surface area (Å²) in [6, 6.07) is 7.70. The largest absolute Gasteiger partial charge is 0.353 e. The van der Waals surface area contributed by atoms with Crippen LogP contribution in [0.2, 0.25) is 0 Å². The molecule has 1 N–H and O–H groups in total. The van der Waals surface area contributed by atoms with E-state index in [0.29, 0.717) is 13.1 Å². The predicted molar refractivity (Wildman–Crippen MR) is 67.3 cm³/mol. The molecule has 1 aromatic carbocycles. The van der Waals surface area contributed by atoms with Crippen molar-refractivity contribution in [3.8, 4) is 12.3 Å². The minimum absolute atomic E-state index is 0.0424. The zero-order chi connectivity index (χ0) is 12.3. The second-order valence-electron chi connectivity index (χ2n) is 4.22. The van der Waals surface area contributed by atoms with Crippen molar-refractivity contribution in [2.75, 3.05) is 19.6 Å². The Labute approximate surface area is 102 Å². The van der Waals surface area contributed by atoms with Gasteiger partial charge in [-0.3, -0.25) is 9.69 Å². The topological polar surface area (TPSA) is 32.3 Å². The van der Waals surface area contributed by atoms with Gasteiger partial charge in [0, 0.05) is 13.1 Å². The maximum atomic E-state index is 12.0. The van der Waals surface area contributed by atoms with Crippen LogP contribution in [0.15, 0.2) is 24.3 Å². The number of terminal acetylenes is 1. The summed E-state index contributed by atoms with van der Waals surface area (Å²) in [6.07, 6.45) is 5.36. The molecule has 1 fully saturated rings. The van der Waals surface area contributed by atoms with Crippen LogP contribution >= 0.6 is 0 Å². The van der Waals surface area contributed by atoms with Crippen molar-refractivity contribution >= 4 is 5.91 Å². The molecule has 1 aliphatic heterocycles. The molecule has 0 aromatic heterocycles. The lowest BCUT2D eigenvalue weighted by Gasteiger charge is -2.34. The van der Waals surface area contributed by atoms with E-state index in [9.17, 15) is 4.79 Å². The molecule has 0 bridgehead atoms. The summed E-state index contributed by atoms with van der Waals surface area (Å²) in [5.41, 5.74) is 2.16. The average Bonchev–Trinajstić information content (AvgIpc) is 2.31. The van der Waals surface area contributed by atoms with Crippen LogP contribution in [-0.2, 0) is 4.79 Å². The Morgan fingerprint density at radius 1 is 1.53 bits per heavy atom. The van der Waals surface area contributed by atoms with E-state index >= 15 is 0 Å². The fourth-order valence-electron chi connectivity index (χ4n) is 2.23. The Morgan fingerprint density at radius 3 is 3.00 bits per heavy atom. The maximum Gasteiger partial charge on any atom is 0.242 e. The normalized spacial score (nSPS) is 20.7. The Hall–Kier alpha value is -1.79. The second-order valence-corrected chi connectivity index (χ2v) is 4.22. The number of rotatable bonds is 2. The van der Waals surface area contributed by atoms with E-state index in [4.69, 9.17) is 6.42 Å². The maximum absolute atomic E-state index is 12.0. The van der Waals surface area contributed by atoms with Crippen LogP contribution in [0.5, 0.6) is 0 Å². The Bertz CT molecular complexity index is 462. The highest BCUT2D eigenvalue weighted by Gasteiger charge is 2.31. The fraction of sp³-hybridized carbons (Fsp3) is 0.357. The second kappa shape index (κ2) is 5.03. The molecule has 1 heterocycles. The van der Waals surface area contributed by atoms with E-state index in [0.717, 1.165) is 17.7 Å². The lowest BCUT2D eigenvalue weighted by atomic mass is 9.98. The van der Waals surface area contributed by atoms with Gasteiger partial charge in [0.2, 0.25) is 5.91 Å². The van der Waals surface area contributed by atoms with Crippen LogP contribution in [0.4, 0.5) is 0 Å². The lowest BCUT2D eigenvalue weighted by Crippen LogP contribution is -2.50. The van der Waals surface area contributed by atoms with E-state index in [2.05, 4.69) is 11.2 Å². The Kier molecular flexibility index (Phi) is 3.46. The molecule has 3 nitrogen and oxygen atoms in total. The van der Waals surface area contributed by atoms with Crippen molar-refractivity contribution in [2.45, 2.75) is 13.0 Å². The summed E-state index contributed by atoms with van der Waals surface area (Å²) in [4.78, 5) is 14.1. The lowest BCUT2D eigenvalue weighted by molar-refractivity contribution is -0.128. The summed E-state index contributed by atoms with van der Waals surface area (Å²) in [7, 11) is 0. The molecular weight excluding hydrogens is 212 g/mol. The molecular formula is C14H16N2O. The molecule has 3 heteroatoms. The van der Waals surface area contributed by atoms with Crippen molar-refractivity contribution in [3.63, 3.8) is 0 Å². The van der Waals surface area contributed by atoms with E-state index in [1.807, 2.05) is 36.1 Å². The number of nitrogens with zero attached hydrogens (tertiary/aromatic N) is 1. The van der Waals surface area contributed by atoms with E-state index < -0.39 is 0 Å². The first kappa shape index (κ1) is 11.7. The number of hydrogen-bond donors (Lipinski definition) is 1. The number of nitrogens with one attached hydrogen (secondary N) is 1. The smallest absolute Gasteiger partial charge is 0.242 e. The summed E-state index contributed by atoms with van der Waals surface area (Å²) < 4.78 is 0. The zero-order valence-corrected chi connectivity index (χ0v) is 9.94. The van der Waals surface area contributed by atoms with Crippen molar-refractivity contribution in [3.05, 3.63) is 35.4 Å². The number of carbonyl (C=O) groups is 1. The van der Waals surface area contributed by atoms with Crippen LogP contribution in [0.3, 0.4) is 0 Å². The molecule has 17 heavy (non-hydrogen) atoms. The van der Waals surface area contributed by atoms with Gasteiger partial charge in [-0.1, -0.05) is 30.2 Å². The molecule has 0 unspecified atom stereocenters. The van der Waals surface area contributed by atoms with Gasteiger partial charge < -0.3 is 5.32 Å². The van der Waals surface area contributed by atoms with Crippen molar-refractivity contribution in [2.24, 2.45) is 0 Å². The number of hydrogen-bond acceptors (Lipinski definition) is 2. The van der Waals surface area contributed by atoms with Gasteiger partial charge in [0.1, 0.15) is 6.04 Å². The average molecular weight is 228 g/mol. The molecule has 1 saturated heterocycles. The first-order chi connectivity index (χ1) is 8.24. The minimum Gasteiger partial charge on any atom is -0.353 e. The first-order valence-electron chi connectivity index (χ1n) is 5.75. The summed E-state index contributed by atoms with van der Waals surface area (Å²) >= 11 is 0. The van der Waals surface area contributed by atoms with Gasteiger partial charge in [-0.2, -0.15) is 0 Å². The van der Waals surface area contributed by atoms with Crippen molar-refractivity contribution in [1.29, 1.82) is 0 Å². The third-order valence-electron chi connectivity index (χ3n) is 3.09. The standard InChI is InChI=1S/C14H16N2O/c1-3-9-16-10-8-15-14(17)13(16)12-7-5-4-6-11(12)2/h1,4-7,13H,8-10H2,2H3,(H,15,17)/t13-/m0/s1. The van der Waals surface area contributed by atoms with Crippen LogP contribution in [0, 0.1) is 19.3 Å². The fourth-order valence-corrected chi connectivity index (χ4v) is 2.23. The highest BCUT2D eigenvalue weighted by atomic mass is 16.2. The third kappa shape index (κ3) is 2.32. The van der Waals surface area contributed by atoms with Crippen LogP contribution in [-0.4, -0.2) is 30.4 Å². The first-order valence-corrected chi connectivity index (χ1v) is 5.75. The quantitative estimate of drug-likeness (QED) is 0.769. The molecule has 88 valence electrons. The summed E-state index contributed by atoms with van der Waals surface area (Å²) in [6.45, 7) is 4.00. The third-order valence-corrected chi connectivity index (χ3v) is 3.09. The Balaban J connectivity index is 2.35. The van der Waals surface area contributed by atoms with Gasteiger partial charge in [0.15, 0.2) is 0 Å². The molecule has 0 radical (unpaired) electrons. The number of aryl methyl sites for hydroxylation is 1.